The number of rotatable bonds is 2. The van der Waals surface area contributed by atoms with E-state index in [4.69, 9.17) is 0 Å². The van der Waals surface area contributed by atoms with Crippen LogP contribution >= 0.6 is 0 Å². The van der Waals surface area contributed by atoms with Gasteiger partial charge in [0.25, 0.3) is 5.91 Å². The van der Waals surface area contributed by atoms with Crippen LogP contribution in [0.5, 0.6) is 0 Å². The lowest BCUT2D eigenvalue weighted by molar-refractivity contribution is -0.123. The molecule has 0 unspecified atom stereocenters. The van der Waals surface area contributed by atoms with Crippen molar-refractivity contribution in [1.82, 2.24) is 25.3 Å². The maximum atomic E-state index is 13.4. The van der Waals surface area contributed by atoms with E-state index in [1.807, 2.05) is 19.1 Å². The molecule has 3 aliphatic rings. The van der Waals surface area contributed by atoms with Crippen molar-refractivity contribution in [3.05, 3.63) is 34.8 Å². The minimum atomic E-state index is -0.112. The van der Waals surface area contributed by atoms with E-state index in [1.165, 1.54) is 0 Å². The van der Waals surface area contributed by atoms with E-state index in [2.05, 4.69) is 20.4 Å². The fourth-order valence-corrected chi connectivity index (χ4v) is 4.95. The van der Waals surface area contributed by atoms with E-state index in [1.54, 1.807) is 9.80 Å². The number of nitrogens with one attached hydrogen (secondary N) is 1. The summed E-state index contributed by atoms with van der Waals surface area (Å²) in [6.45, 7) is 1.94. The zero-order valence-electron chi connectivity index (χ0n) is 16.0. The summed E-state index contributed by atoms with van der Waals surface area (Å²) in [5, 5.41) is 15.7. The van der Waals surface area contributed by atoms with E-state index in [0.29, 0.717) is 11.5 Å². The molecule has 2 amide bonds. The highest BCUT2D eigenvalue weighted by Crippen LogP contribution is 2.35. The highest BCUT2D eigenvalue weighted by molar-refractivity contribution is 6.02. The lowest BCUT2D eigenvalue weighted by atomic mass is 9.85. The number of piperazine rings is 1. The summed E-state index contributed by atoms with van der Waals surface area (Å²) in [5.41, 5.74) is 3.44. The quantitative estimate of drug-likeness (QED) is 0.857. The van der Waals surface area contributed by atoms with Gasteiger partial charge in [-0.2, -0.15) is 10.2 Å². The standard InChI is InChI=1S/C20H24N6O2/c1-12-9-10-17(23-21-12)26-16-8-3-2-7-15(16)25(11-18(26)27)20(28)19-13-5-4-6-14(13)22-24-19/h9-10,15-16H,2-8,11H2,1H3,(H,22,24)/t15-,16-/m0/s1. The molecule has 2 fully saturated rings. The first-order valence-electron chi connectivity index (χ1n) is 10.1. The second kappa shape index (κ2) is 6.68. The van der Waals surface area contributed by atoms with Crippen LogP contribution in [0.3, 0.4) is 0 Å². The molecule has 8 nitrogen and oxygen atoms in total. The molecule has 0 radical (unpaired) electrons. The number of aromatic nitrogens is 4. The summed E-state index contributed by atoms with van der Waals surface area (Å²) >= 11 is 0. The minimum absolute atomic E-state index is 0.00388. The maximum absolute atomic E-state index is 13.4. The molecule has 1 saturated heterocycles. The van der Waals surface area contributed by atoms with Crippen LogP contribution in [0.2, 0.25) is 0 Å². The summed E-state index contributed by atoms with van der Waals surface area (Å²) in [6, 6.07) is 3.67. The Labute approximate surface area is 163 Å². The van der Waals surface area contributed by atoms with Crippen molar-refractivity contribution < 1.29 is 9.59 Å². The van der Waals surface area contributed by atoms with Crippen LogP contribution in [-0.2, 0) is 17.6 Å². The van der Waals surface area contributed by atoms with E-state index in [0.717, 1.165) is 61.9 Å². The van der Waals surface area contributed by atoms with Gasteiger partial charge >= 0.3 is 0 Å². The Morgan fingerprint density at radius 3 is 2.71 bits per heavy atom. The van der Waals surface area contributed by atoms with Crippen molar-refractivity contribution in [3.63, 3.8) is 0 Å². The van der Waals surface area contributed by atoms with Crippen LogP contribution in [0.15, 0.2) is 12.1 Å². The van der Waals surface area contributed by atoms with Gasteiger partial charge in [-0.15, -0.1) is 5.10 Å². The number of fused-ring (bicyclic) bond motifs is 2. The second-order valence-electron chi connectivity index (χ2n) is 8.03. The topological polar surface area (TPSA) is 95.1 Å². The second-order valence-corrected chi connectivity index (χ2v) is 8.03. The fraction of sp³-hybridized carbons (Fsp3) is 0.550. The molecule has 2 aromatic heterocycles. The average Bonchev–Trinajstić information content (AvgIpc) is 3.32. The van der Waals surface area contributed by atoms with Crippen molar-refractivity contribution in [1.29, 1.82) is 0 Å². The Bertz CT molecular complexity index is 921. The minimum Gasteiger partial charge on any atom is -0.323 e. The fourth-order valence-electron chi connectivity index (χ4n) is 4.95. The van der Waals surface area contributed by atoms with Crippen LogP contribution in [-0.4, -0.2) is 55.7 Å². The van der Waals surface area contributed by atoms with Crippen LogP contribution in [0, 0.1) is 6.92 Å². The molecule has 0 bridgehead atoms. The molecule has 2 atom stereocenters. The Morgan fingerprint density at radius 1 is 1.11 bits per heavy atom. The number of H-pyrrole nitrogens is 1. The SMILES string of the molecule is Cc1ccc(N2C(=O)CN(C(=O)c3n[nH]c4c3CCC4)[C@H]3CCCC[C@@H]32)nn1. The van der Waals surface area contributed by atoms with Gasteiger partial charge in [-0.25, -0.2) is 0 Å². The Morgan fingerprint density at radius 2 is 1.93 bits per heavy atom. The maximum Gasteiger partial charge on any atom is 0.275 e. The van der Waals surface area contributed by atoms with Gasteiger partial charge in [0, 0.05) is 11.3 Å². The van der Waals surface area contributed by atoms with Crippen molar-refractivity contribution >= 4 is 17.6 Å². The molecular weight excluding hydrogens is 356 g/mol. The summed E-state index contributed by atoms with van der Waals surface area (Å²) in [6.07, 6.45) is 6.75. The van der Waals surface area contributed by atoms with Gasteiger partial charge in [0.05, 0.1) is 17.8 Å². The van der Waals surface area contributed by atoms with Gasteiger partial charge in [0.15, 0.2) is 11.5 Å². The van der Waals surface area contributed by atoms with Crippen LogP contribution in [0.25, 0.3) is 0 Å². The molecule has 0 spiro atoms. The molecule has 8 heteroatoms. The number of carbonyl (C=O) groups excluding carboxylic acids is 2. The third-order valence-corrected chi connectivity index (χ3v) is 6.30. The number of anilines is 1. The molecule has 2 aromatic rings. The summed E-state index contributed by atoms with van der Waals surface area (Å²) < 4.78 is 0. The predicted octanol–water partition coefficient (Wildman–Crippen LogP) is 1.80. The number of carbonyl (C=O) groups is 2. The lowest BCUT2D eigenvalue weighted by Gasteiger charge is -2.48. The van der Waals surface area contributed by atoms with Gasteiger partial charge < -0.3 is 4.90 Å². The molecule has 1 saturated carbocycles. The van der Waals surface area contributed by atoms with Crippen LogP contribution in [0.4, 0.5) is 5.82 Å². The molecule has 3 heterocycles. The van der Waals surface area contributed by atoms with Gasteiger partial charge in [-0.1, -0.05) is 12.8 Å². The molecule has 1 aliphatic heterocycles. The van der Waals surface area contributed by atoms with Crippen molar-refractivity contribution in [3.8, 4) is 0 Å². The first-order valence-corrected chi connectivity index (χ1v) is 10.1. The zero-order valence-corrected chi connectivity index (χ0v) is 16.0. The van der Waals surface area contributed by atoms with E-state index < -0.39 is 0 Å². The highest BCUT2D eigenvalue weighted by Gasteiger charge is 2.46. The highest BCUT2D eigenvalue weighted by atomic mass is 16.2. The summed E-state index contributed by atoms with van der Waals surface area (Å²) in [4.78, 5) is 30.0. The zero-order chi connectivity index (χ0) is 19.3. The molecule has 1 N–H and O–H groups in total. The first-order chi connectivity index (χ1) is 13.6. The molecule has 5 rings (SSSR count). The largest absolute Gasteiger partial charge is 0.323 e. The number of amides is 2. The Kier molecular flexibility index (Phi) is 4.14. The average molecular weight is 380 g/mol. The molecule has 146 valence electrons. The van der Waals surface area contributed by atoms with E-state index in [9.17, 15) is 9.59 Å². The molecule has 2 aliphatic carbocycles. The van der Waals surface area contributed by atoms with Crippen molar-refractivity contribution in [2.45, 2.75) is 64.0 Å². The number of aryl methyl sites for hydroxylation is 2. The normalized spacial score (nSPS) is 24.2. The third kappa shape index (κ3) is 2.70. The van der Waals surface area contributed by atoms with Gasteiger partial charge in [0.2, 0.25) is 5.91 Å². The lowest BCUT2D eigenvalue weighted by Crippen LogP contribution is -2.65. The van der Waals surface area contributed by atoms with Gasteiger partial charge in [0.1, 0.15) is 6.54 Å². The first kappa shape index (κ1) is 17.3. The predicted molar refractivity (Wildman–Crippen MR) is 102 cm³/mol. The van der Waals surface area contributed by atoms with E-state index in [-0.39, 0.29) is 30.4 Å². The van der Waals surface area contributed by atoms with Gasteiger partial charge in [-0.05, 0) is 51.2 Å². The van der Waals surface area contributed by atoms with Crippen molar-refractivity contribution in [2.75, 3.05) is 11.4 Å². The number of hydrogen-bond acceptors (Lipinski definition) is 5. The molecule has 0 aromatic carbocycles. The van der Waals surface area contributed by atoms with Crippen molar-refractivity contribution in [2.24, 2.45) is 0 Å². The Hall–Kier alpha value is -2.77. The van der Waals surface area contributed by atoms with Crippen LogP contribution < -0.4 is 4.90 Å². The van der Waals surface area contributed by atoms with E-state index >= 15 is 0 Å². The Balaban J connectivity index is 1.47. The number of hydrogen-bond donors (Lipinski definition) is 1. The molecule has 28 heavy (non-hydrogen) atoms. The monoisotopic (exact) mass is 380 g/mol. The number of nitrogens with zero attached hydrogens (tertiary/aromatic N) is 5. The third-order valence-electron chi connectivity index (χ3n) is 6.30. The number of aromatic amines is 1. The molecular formula is C20H24N6O2. The van der Waals surface area contributed by atoms with Gasteiger partial charge in [-0.3, -0.25) is 19.6 Å². The smallest absolute Gasteiger partial charge is 0.275 e. The van der Waals surface area contributed by atoms with Crippen LogP contribution in [0.1, 0.15) is 59.5 Å². The summed E-state index contributed by atoms with van der Waals surface area (Å²) in [5.74, 6) is 0.376. The summed E-state index contributed by atoms with van der Waals surface area (Å²) in [7, 11) is 0.